The summed E-state index contributed by atoms with van der Waals surface area (Å²) in [5.41, 5.74) is 2.04. The first kappa shape index (κ1) is 28.4. The van der Waals surface area contributed by atoms with E-state index in [0.29, 0.717) is 15.7 Å². The van der Waals surface area contributed by atoms with Crippen LogP contribution in [0.3, 0.4) is 0 Å². The third-order valence-electron chi connectivity index (χ3n) is 6.15. The second kappa shape index (κ2) is 10.5. The van der Waals surface area contributed by atoms with Crippen molar-refractivity contribution >= 4 is 48.5 Å². The summed E-state index contributed by atoms with van der Waals surface area (Å²) in [5.74, 6) is -1.53. The van der Waals surface area contributed by atoms with Crippen LogP contribution in [0.15, 0.2) is 70.2 Å². The first-order chi connectivity index (χ1) is 18.2. The number of carbonyl (C=O) groups is 1. The number of carboxylic acids is 1. The van der Waals surface area contributed by atoms with Gasteiger partial charge in [-0.3, -0.25) is 0 Å². The topological polar surface area (TPSA) is 96.8 Å². The van der Waals surface area contributed by atoms with Crippen molar-refractivity contribution < 1.29 is 36.2 Å². The number of carboxylic acid groups (broad SMARTS) is 1. The Kier molecular flexibility index (Phi) is 7.63. The van der Waals surface area contributed by atoms with Crippen LogP contribution in [0.25, 0.3) is 10.8 Å². The molecule has 12 heteroatoms. The number of sulfonamides is 1. The second-order valence-electron chi connectivity index (χ2n) is 8.83. The van der Waals surface area contributed by atoms with Gasteiger partial charge in [0, 0.05) is 10.9 Å². The predicted octanol–water partition coefficient (Wildman–Crippen LogP) is 6.91. The number of fused-ring (bicyclic) bond motifs is 1. The lowest BCUT2D eigenvalue weighted by Crippen LogP contribution is -2.32. The lowest BCUT2D eigenvalue weighted by Gasteiger charge is -2.27. The number of alkyl halides is 3. The standard InChI is InChI=1S/C27H22BrF3N2O5S/c1-15-5-4-6-22-23(15)17(3)25(32-24(22)28)33(14-18-7-9-19(10-8-18)38-27(29,30)31)39(36,37)20-11-12-21(26(34)35)16(2)13-20/h4-13H,14H2,1-3H3,(H,34,35). The summed E-state index contributed by atoms with van der Waals surface area (Å²) in [6, 6.07) is 14.1. The first-order valence-electron chi connectivity index (χ1n) is 11.5. The van der Waals surface area contributed by atoms with Gasteiger partial charge in [0.25, 0.3) is 10.0 Å². The molecule has 4 aromatic rings. The molecule has 0 aliphatic carbocycles. The maximum absolute atomic E-state index is 14.1. The number of rotatable bonds is 7. The first-order valence-corrected chi connectivity index (χ1v) is 13.7. The second-order valence-corrected chi connectivity index (χ2v) is 11.4. The molecule has 0 spiro atoms. The van der Waals surface area contributed by atoms with Crippen LogP contribution in [-0.2, 0) is 16.6 Å². The molecule has 0 saturated carbocycles. The lowest BCUT2D eigenvalue weighted by atomic mass is 10.0. The fourth-order valence-corrected chi connectivity index (χ4v) is 6.37. The van der Waals surface area contributed by atoms with Crippen molar-refractivity contribution in [2.75, 3.05) is 4.31 Å². The van der Waals surface area contributed by atoms with Gasteiger partial charge >= 0.3 is 12.3 Å². The van der Waals surface area contributed by atoms with Crippen molar-refractivity contribution in [2.24, 2.45) is 0 Å². The van der Waals surface area contributed by atoms with E-state index in [1.807, 2.05) is 25.1 Å². The minimum Gasteiger partial charge on any atom is -0.478 e. The Balaban J connectivity index is 1.89. The number of hydrogen-bond acceptors (Lipinski definition) is 5. The summed E-state index contributed by atoms with van der Waals surface area (Å²) in [5, 5.41) is 10.9. The zero-order chi connectivity index (χ0) is 28.7. The highest BCUT2D eigenvalue weighted by molar-refractivity contribution is 9.10. The Bertz CT molecular complexity index is 1690. The number of aromatic carboxylic acids is 1. The molecule has 1 heterocycles. The highest BCUT2D eigenvalue weighted by Crippen LogP contribution is 2.36. The Morgan fingerprint density at radius 3 is 2.28 bits per heavy atom. The van der Waals surface area contributed by atoms with Gasteiger partial charge in [-0.25, -0.2) is 22.5 Å². The molecule has 204 valence electrons. The summed E-state index contributed by atoms with van der Waals surface area (Å²) in [7, 11) is -4.33. The Morgan fingerprint density at radius 1 is 1.03 bits per heavy atom. The molecule has 7 nitrogen and oxygen atoms in total. The quantitative estimate of drug-likeness (QED) is 0.225. The average Bonchev–Trinajstić information content (AvgIpc) is 2.84. The van der Waals surface area contributed by atoms with Crippen molar-refractivity contribution in [3.63, 3.8) is 0 Å². The van der Waals surface area contributed by atoms with Gasteiger partial charge in [0.15, 0.2) is 0 Å². The summed E-state index contributed by atoms with van der Waals surface area (Å²) >= 11 is 3.45. The highest BCUT2D eigenvalue weighted by Gasteiger charge is 2.32. The smallest absolute Gasteiger partial charge is 0.478 e. The number of aryl methyl sites for hydroxylation is 3. The van der Waals surface area contributed by atoms with Crippen molar-refractivity contribution in [1.29, 1.82) is 0 Å². The number of nitrogens with zero attached hydrogens (tertiary/aromatic N) is 2. The van der Waals surface area contributed by atoms with E-state index in [4.69, 9.17) is 0 Å². The van der Waals surface area contributed by atoms with Crippen molar-refractivity contribution in [2.45, 2.75) is 38.6 Å². The molecular weight excluding hydrogens is 601 g/mol. The third-order valence-corrected chi connectivity index (χ3v) is 8.48. The van der Waals surface area contributed by atoms with E-state index in [0.717, 1.165) is 32.8 Å². The molecule has 1 N–H and O–H groups in total. The highest BCUT2D eigenvalue weighted by atomic mass is 79.9. The fraction of sp³-hybridized carbons (Fsp3) is 0.185. The number of halogens is 4. The van der Waals surface area contributed by atoms with Crippen molar-refractivity contribution in [1.82, 2.24) is 4.98 Å². The SMILES string of the molecule is Cc1cc(S(=O)(=O)N(Cc2ccc(OC(F)(F)F)cc2)c2nc(Br)c3cccc(C)c3c2C)ccc1C(=O)O. The van der Waals surface area contributed by atoms with Gasteiger partial charge in [-0.1, -0.05) is 30.3 Å². The molecular formula is C27H22BrF3N2O5S. The number of hydrogen-bond donors (Lipinski definition) is 1. The van der Waals surface area contributed by atoms with Gasteiger partial charge < -0.3 is 9.84 Å². The number of benzene rings is 3. The molecule has 0 aliphatic rings. The van der Waals surface area contributed by atoms with Crippen LogP contribution >= 0.6 is 15.9 Å². The molecule has 0 atom stereocenters. The maximum Gasteiger partial charge on any atom is 0.573 e. The minimum absolute atomic E-state index is 0.0425. The molecule has 0 radical (unpaired) electrons. The van der Waals surface area contributed by atoms with Gasteiger partial charge in [-0.15, -0.1) is 13.2 Å². The van der Waals surface area contributed by atoms with Crippen LogP contribution in [0.1, 0.15) is 32.6 Å². The molecule has 0 unspecified atom stereocenters. The fourth-order valence-electron chi connectivity index (χ4n) is 4.33. The molecule has 1 aromatic heterocycles. The summed E-state index contributed by atoms with van der Waals surface area (Å²) in [6.07, 6.45) is -4.87. The van der Waals surface area contributed by atoms with Crippen LogP contribution in [0.5, 0.6) is 5.75 Å². The molecule has 4 rings (SSSR count). The average molecular weight is 623 g/mol. The van der Waals surface area contributed by atoms with E-state index in [2.05, 4.69) is 25.7 Å². The van der Waals surface area contributed by atoms with E-state index >= 15 is 0 Å². The molecule has 0 amide bonds. The summed E-state index contributed by atoms with van der Waals surface area (Å²) in [4.78, 5) is 15.9. The van der Waals surface area contributed by atoms with Gasteiger partial charge in [-0.2, -0.15) is 0 Å². The normalized spacial score (nSPS) is 12.0. The van der Waals surface area contributed by atoms with Gasteiger partial charge in [0.05, 0.1) is 17.0 Å². The van der Waals surface area contributed by atoms with Gasteiger partial charge in [0.2, 0.25) is 0 Å². The van der Waals surface area contributed by atoms with E-state index in [9.17, 15) is 31.5 Å². The van der Waals surface area contributed by atoms with Gasteiger partial charge in [-0.05, 0) is 89.1 Å². The number of aromatic nitrogens is 1. The third kappa shape index (κ3) is 5.86. The van der Waals surface area contributed by atoms with Gasteiger partial charge in [0.1, 0.15) is 16.2 Å². The molecule has 39 heavy (non-hydrogen) atoms. The molecule has 0 fully saturated rings. The Morgan fingerprint density at radius 2 is 1.69 bits per heavy atom. The Hall–Kier alpha value is -3.64. The minimum atomic E-state index is -4.87. The maximum atomic E-state index is 14.1. The molecule has 3 aromatic carbocycles. The number of anilines is 1. The van der Waals surface area contributed by atoms with E-state index in [1.54, 1.807) is 6.92 Å². The van der Waals surface area contributed by atoms with E-state index in [-0.39, 0.29) is 28.4 Å². The Labute approximate surface area is 231 Å². The summed E-state index contributed by atoms with van der Waals surface area (Å²) in [6.45, 7) is 4.85. The van der Waals surface area contributed by atoms with E-state index < -0.39 is 28.1 Å². The molecule has 0 saturated heterocycles. The van der Waals surface area contributed by atoms with Crippen LogP contribution in [0.4, 0.5) is 19.0 Å². The zero-order valence-electron chi connectivity index (χ0n) is 20.9. The zero-order valence-corrected chi connectivity index (χ0v) is 23.3. The van der Waals surface area contributed by atoms with Crippen molar-refractivity contribution in [3.05, 3.63) is 93.1 Å². The summed E-state index contributed by atoms with van der Waals surface area (Å²) < 4.78 is 71.4. The van der Waals surface area contributed by atoms with Crippen LogP contribution in [0, 0.1) is 20.8 Å². The largest absolute Gasteiger partial charge is 0.573 e. The van der Waals surface area contributed by atoms with Crippen molar-refractivity contribution in [3.8, 4) is 5.75 Å². The number of ether oxygens (including phenoxy) is 1. The van der Waals surface area contributed by atoms with Crippen LogP contribution in [-0.4, -0.2) is 30.8 Å². The monoisotopic (exact) mass is 622 g/mol. The lowest BCUT2D eigenvalue weighted by molar-refractivity contribution is -0.274. The number of pyridine rings is 1. The van der Waals surface area contributed by atoms with Crippen LogP contribution in [0.2, 0.25) is 0 Å². The van der Waals surface area contributed by atoms with Crippen LogP contribution < -0.4 is 9.04 Å². The molecule has 0 bridgehead atoms. The van der Waals surface area contributed by atoms with E-state index in [1.165, 1.54) is 37.3 Å². The predicted molar refractivity (Wildman–Crippen MR) is 144 cm³/mol. The molecule has 0 aliphatic heterocycles.